The lowest BCUT2D eigenvalue weighted by molar-refractivity contribution is -0.154. The highest BCUT2D eigenvalue weighted by Crippen LogP contribution is 2.23. The predicted octanol–water partition coefficient (Wildman–Crippen LogP) is 2.59. The van der Waals surface area contributed by atoms with Crippen LogP contribution in [0.4, 0.5) is 5.69 Å². The van der Waals surface area contributed by atoms with Gasteiger partial charge in [0.1, 0.15) is 11.8 Å². The van der Waals surface area contributed by atoms with Crippen LogP contribution in [-0.2, 0) is 24.3 Å². The number of rotatable bonds is 8. The van der Waals surface area contributed by atoms with Crippen molar-refractivity contribution in [3.05, 3.63) is 53.6 Å². The molecular weight excluding hydrogens is 420 g/mol. The summed E-state index contributed by atoms with van der Waals surface area (Å²) in [6, 6.07) is 11.0. The molecule has 2 atom stereocenters. The van der Waals surface area contributed by atoms with Crippen molar-refractivity contribution < 1.29 is 27.5 Å². The second-order valence-electron chi connectivity index (χ2n) is 6.07. The average molecular weight is 441 g/mol. The number of carbonyl (C=O) groups excluding carboxylic acids is 2. The second-order valence-corrected chi connectivity index (χ2v) is 8.22. The fraction of sp³-hybridized carbons (Fsp3) is 0.263. The molecule has 0 saturated heterocycles. The molecule has 2 aromatic rings. The number of hydrogen-bond donors (Lipinski definition) is 2. The van der Waals surface area contributed by atoms with E-state index in [1.54, 1.807) is 24.3 Å². The van der Waals surface area contributed by atoms with Crippen molar-refractivity contribution in [2.75, 3.05) is 12.4 Å². The highest BCUT2D eigenvalue weighted by molar-refractivity contribution is 7.89. The van der Waals surface area contributed by atoms with Crippen LogP contribution in [0.2, 0.25) is 5.02 Å². The predicted molar refractivity (Wildman–Crippen MR) is 108 cm³/mol. The first-order valence-corrected chi connectivity index (χ1v) is 10.4. The molecule has 0 spiro atoms. The number of hydrogen-bond acceptors (Lipinski definition) is 6. The van der Waals surface area contributed by atoms with Gasteiger partial charge in [0.15, 0.2) is 6.10 Å². The number of carbonyl (C=O) groups is 2. The number of sulfonamides is 1. The lowest BCUT2D eigenvalue weighted by Gasteiger charge is -2.18. The first-order valence-electron chi connectivity index (χ1n) is 8.56. The van der Waals surface area contributed by atoms with Crippen LogP contribution >= 0.6 is 11.6 Å². The van der Waals surface area contributed by atoms with Gasteiger partial charge in [0.2, 0.25) is 10.0 Å². The minimum atomic E-state index is -3.96. The molecule has 0 unspecified atom stereocenters. The molecule has 2 aromatic carbocycles. The lowest BCUT2D eigenvalue weighted by atomic mass is 10.2. The van der Waals surface area contributed by atoms with Gasteiger partial charge in [0, 0.05) is 5.02 Å². The van der Waals surface area contributed by atoms with Crippen LogP contribution in [-0.4, -0.2) is 39.5 Å². The Hall–Kier alpha value is -2.62. The van der Waals surface area contributed by atoms with E-state index in [1.165, 1.54) is 45.2 Å². The molecule has 8 nitrogen and oxygen atoms in total. The van der Waals surface area contributed by atoms with Crippen molar-refractivity contribution in [3.8, 4) is 5.75 Å². The van der Waals surface area contributed by atoms with Gasteiger partial charge in [-0.25, -0.2) is 8.42 Å². The number of benzene rings is 2. The number of ether oxygens (including phenoxy) is 2. The van der Waals surface area contributed by atoms with Gasteiger partial charge < -0.3 is 14.8 Å². The van der Waals surface area contributed by atoms with E-state index in [2.05, 4.69) is 10.0 Å². The van der Waals surface area contributed by atoms with Crippen molar-refractivity contribution in [2.24, 2.45) is 0 Å². The van der Waals surface area contributed by atoms with Crippen molar-refractivity contribution in [2.45, 2.75) is 30.9 Å². The molecular formula is C19H21ClN2O6S. The number of anilines is 1. The fourth-order valence-electron chi connectivity index (χ4n) is 2.27. The number of nitrogens with one attached hydrogen (secondary N) is 2. The van der Waals surface area contributed by atoms with E-state index < -0.39 is 34.0 Å². The molecule has 0 saturated carbocycles. The molecule has 0 aliphatic carbocycles. The zero-order valence-corrected chi connectivity index (χ0v) is 17.6. The Balaban J connectivity index is 1.97. The first-order chi connectivity index (χ1) is 13.6. The first kappa shape index (κ1) is 22.7. The summed E-state index contributed by atoms with van der Waals surface area (Å²) >= 11 is 5.75. The standard InChI is InChI=1S/C19H21ClN2O6S/c1-12(22-29(25,26)15-10-8-14(20)9-11-15)19(24)28-13(2)18(23)21-16-6-4-5-7-17(16)27-3/h4-13,22H,1-3H3,(H,21,23)/t12-,13-/m0/s1. The van der Waals surface area contributed by atoms with Crippen LogP contribution in [0.5, 0.6) is 5.75 Å². The Morgan fingerprint density at radius 1 is 1.03 bits per heavy atom. The van der Waals surface area contributed by atoms with Gasteiger partial charge in [-0.05, 0) is 50.2 Å². The normalized spacial score (nSPS) is 13.2. The third-order valence-electron chi connectivity index (χ3n) is 3.84. The van der Waals surface area contributed by atoms with Crippen LogP contribution in [0.15, 0.2) is 53.4 Å². The minimum Gasteiger partial charge on any atom is -0.495 e. The number of halogens is 1. The third-order valence-corrected chi connectivity index (χ3v) is 5.65. The number of methoxy groups -OCH3 is 1. The summed E-state index contributed by atoms with van der Waals surface area (Å²) in [5.74, 6) is -1.04. The maximum absolute atomic E-state index is 12.3. The summed E-state index contributed by atoms with van der Waals surface area (Å²) in [6.07, 6.45) is -1.16. The van der Waals surface area contributed by atoms with Crippen molar-refractivity contribution in [3.63, 3.8) is 0 Å². The maximum atomic E-state index is 12.3. The van der Waals surface area contributed by atoms with Crippen LogP contribution in [0.1, 0.15) is 13.8 Å². The number of para-hydroxylation sites is 2. The smallest absolute Gasteiger partial charge is 0.324 e. The quantitative estimate of drug-likeness (QED) is 0.610. The molecule has 0 aromatic heterocycles. The Labute approximate surface area is 174 Å². The Morgan fingerprint density at radius 2 is 1.66 bits per heavy atom. The molecule has 0 radical (unpaired) electrons. The van der Waals surface area contributed by atoms with Crippen LogP contribution in [0, 0.1) is 0 Å². The largest absolute Gasteiger partial charge is 0.495 e. The molecule has 0 heterocycles. The molecule has 0 fully saturated rings. The summed E-state index contributed by atoms with van der Waals surface area (Å²) in [7, 11) is -2.50. The maximum Gasteiger partial charge on any atom is 0.324 e. The van der Waals surface area contributed by atoms with E-state index in [9.17, 15) is 18.0 Å². The van der Waals surface area contributed by atoms with Gasteiger partial charge in [0.05, 0.1) is 17.7 Å². The Bertz CT molecular complexity index is 978. The van der Waals surface area contributed by atoms with Crippen molar-refractivity contribution in [1.29, 1.82) is 0 Å². The second kappa shape index (κ2) is 9.73. The molecule has 156 valence electrons. The molecule has 2 rings (SSSR count). The van der Waals surface area contributed by atoms with Crippen molar-refractivity contribution >= 4 is 39.2 Å². The molecule has 0 aliphatic rings. The van der Waals surface area contributed by atoms with E-state index in [0.717, 1.165) is 0 Å². The van der Waals surface area contributed by atoms with Crippen LogP contribution < -0.4 is 14.8 Å². The summed E-state index contributed by atoms with van der Waals surface area (Å²) in [5.41, 5.74) is 0.416. The van der Waals surface area contributed by atoms with Crippen LogP contribution in [0.25, 0.3) is 0 Å². The number of esters is 1. The Kier molecular flexibility index (Phi) is 7.60. The highest BCUT2D eigenvalue weighted by Gasteiger charge is 2.26. The van der Waals surface area contributed by atoms with E-state index in [0.29, 0.717) is 16.5 Å². The summed E-state index contributed by atoms with van der Waals surface area (Å²) in [6.45, 7) is 2.70. The zero-order chi connectivity index (χ0) is 21.6. The molecule has 2 N–H and O–H groups in total. The summed E-state index contributed by atoms with van der Waals surface area (Å²) in [5, 5.41) is 2.97. The van der Waals surface area contributed by atoms with Gasteiger partial charge in [-0.2, -0.15) is 4.72 Å². The fourth-order valence-corrected chi connectivity index (χ4v) is 3.59. The van der Waals surface area contributed by atoms with Gasteiger partial charge in [-0.3, -0.25) is 9.59 Å². The average Bonchev–Trinajstić information content (AvgIpc) is 2.68. The van der Waals surface area contributed by atoms with Gasteiger partial charge in [0.25, 0.3) is 5.91 Å². The van der Waals surface area contributed by atoms with E-state index in [4.69, 9.17) is 21.1 Å². The van der Waals surface area contributed by atoms with E-state index in [-0.39, 0.29) is 4.90 Å². The van der Waals surface area contributed by atoms with Crippen LogP contribution in [0.3, 0.4) is 0 Å². The summed E-state index contributed by atoms with van der Waals surface area (Å²) in [4.78, 5) is 24.5. The van der Waals surface area contributed by atoms with Gasteiger partial charge >= 0.3 is 5.97 Å². The summed E-state index contributed by atoms with van der Waals surface area (Å²) < 4.78 is 37.1. The van der Waals surface area contributed by atoms with E-state index in [1.807, 2.05) is 0 Å². The highest BCUT2D eigenvalue weighted by atomic mass is 35.5. The van der Waals surface area contributed by atoms with Gasteiger partial charge in [-0.1, -0.05) is 23.7 Å². The molecule has 1 amide bonds. The Morgan fingerprint density at radius 3 is 2.28 bits per heavy atom. The zero-order valence-electron chi connectivity index (χ0n) is 16.0. The molecule has 10 heteroatoms. The molecule has 0 bridgehead atoms. The van der Waals surface area contributed by atoms with Gasteiger partial charge in [-0.15, -0.1) is 0 Å². The monoisotopic (exact) mass is 440 g/mol. The minimum absolute atomic E-state index is 0.0523. The topological polar surface area (TPSA) is 111 Å². The molecule has 0 aliphatic heterocycles. The lowest BCUT2D eigenvalue weighted by Crippen LogP contribution is -2.42. The number of amides is 1. The third kappa shape index (κ3) is 6.18. The SMILES string of the molecule is COc1ccccc1NC(=O)[C@H](C)OC(=O)[C@H](C)NS(=O)(=O)c1ccc(Cl)cc1. The van der Waals surface area contributed by atoms with E-state index >= 15 is 0 Å². The van der Waals surface area contributed by atoms with Crippen molar-refractivity contribution in [1.82, 2.24) is 4.72 Å². The molecule has 29 heavy (non-hydrogen) atoms.